The predicted molar refractivity (Wildman–Crippen MR) is 80.2 cm³/mol. The summed E-state index contributed by atoms with van der Waals surface area (Å²) in [6.45, 7) is 7.67. The van der Waals surface area contributed by atoms with Crippen molar-refractivity contribution in [1.29, 1.82) is 0 Å². The van der Waals surface area contributed by atoms with Gasteiger partial charge in [0.25, 0.3) is 6.43 Å². The van der Waals surface area contributed by atoms with Gasteiger partial charge in [-0.2, -0.15) is 0 Å². The molecule has 0 bridgehead atoms. The second-order valence-electron chi connectivity index (χ2n) is 6.28. The van der Waals surface area contributed by atoms with E-state index in [-0.39, 0.29) is 12.1 Å². The van der Waals surface area contributed by atoms with Crippen molar-refractivity contribution in [2.75, 3.05) is 20.1 Å². The predicted octanol–water partition coefficient (Wildman–Crippen LogP) is 3.31. The number of alkyl halides is 2. The number of nitrogens with one attached hydrogen (secondary N) is 1. The molecule has 0 amide bonds. The Labute approximate surface area is 121 Å². The van der Waals surface area contributed by atoms with Crippen LogP contribution in [-0.4, -0.2) is 37.0 Å². The lowest BCUT2D eigenvalue weighted by molar-refractivity contribution is 0.0974. The van der Waals surface area contributed by atoms with Crippen molar-refractivity contribution < 1.29 is 8.78 Å². The molecule has 0 saturated carbocycles. The Bertz CT molecular complexity index is 400. The minimum absolute atomic E-state index is 0.0986. The molecule has 0 spiro atoms. The van der Waals surface area contributed by atoms with Crippen molar-refractivity contribution in [2.24, 2.45) is 0 Å². The summed E-state index contributed by atoms with van der Waals surface area (Å²) >= 11 is 0. The minimum atomic E-state index is -2.28. The maximum Gasteiger partial charge on any atom is 0.251 e. The third-order valence-electron chi connectivity index (χ3n) is 3.06. The van der Waals surface area contributed by atoms with Crippen molar-refractivity contribution in [1.82, 2.24) is 10.2 Å². The highest BCUT2D eigenvalue weighted by Crippen LogP contribution is 2.13. The van der Waals surface area contributed by atoms with E-state index in [0.717, 1.165) is 18.5 Å². The molecule has 114 valence electrons. The van der Waals surface area contributed by atoms with Crippen LogP contribution in [-0.2, 0) is 13.0 Å². The van der Waals surface area contributed by atoms with Crippen molar-refractivity contribution in [3.05, 3.63) is 35.4 Å². The summed E-state index contributed by atoms with van der Waals surface area (Å²) in [6, 6.07) is 8.07. The molecular formula is C16H26F2N2. The molecule has 0 atom stereocenters. The first-order valence-corrected chi connectivity index (χ1v) is 7.06. The molecule has 0 radical (unpaired) electrons. The summed E-state index contributed by atoms with van der Waals surface area (Å²) in [7, 11) is 1.73. The minimum Gasteiger partial charge on any atom is -0.312 e. The molecule has 0 heterocycles. The zero-order valence-corrected chi connectivity index (χ0v) is 12.9. The van der Waals surface area contributed by atoms with E-state index in [2.05, 4.69) is 32.2 Å². The topological polar surface area (TPSA) is 15.3 Å². The fraction of sp³-hybridized carbons (Fsp3) is 0.625. The van der Waals surface area contributed by atoms with E-state index >= 15 is 0 Å². The molecule has 0 unspecified atom stereocenters. The molecule has 2 nitrogen and oxygen atoms in total. The molecule has 0 aliphatic rings. The third kappa shape index (κ3) is 6.96. The van der Waals surface area contributed by atoms with Gasteiger partial charge in [0.1, 0.15) is 0 Å². The van der Waals surface area contributed by atoms with Crippen molar-refractivity contribution in [2.45, 2.75) is 45.7 Å². The summed E-state index contributed by atoms with van der Waals surface area (Å²) < 4.78 is 24.7. The Morgan fingerprint density at radius 1 is 1.15 bits per heavy atom. The summed E-state index contributed by atoms with van der Waals surface area (Å²) in [5.41, 5.74) is 2.46. The number of rotatable bonds is 7. The molecule has 4 heteroatoms. The second-order valence-corrected chi connectivity index (χ2v) is 6.28. The number of hydrogen-bond donors (Lipinski definition) is 1. The smallest absolute Gasteiger partial charge is 0.251 e. The summed E-state index contributed by atoms with van der Waals surface area (Å²) in [5, 5.41) is 3.45. The van der Waals surface area contributed by atoms with Gasteiger partial charge in [-0.05, 0) is 51.9 Å². The Morgan fingerprint density at radius 2 is 1.75 bits per heavy atom. The van der Waals surface area contributed by atoms with Crippen LogP contribution in [0.25, 0.3) is 0 Å². The molecule has 1 aromatic carbocycles. The fourth-order valence-electron chi connectivity index (χ4n) is 2.12. The van der Waals surface area contributed by atoms with E-state index in [4.69, 9.17) is 0 Å². The van der Waals surface area contributed by atoms with Crippen LogP contribution in [0.1, 0.15) is 31.9 Å². The first-order valence-electron chi connectivity index (χ1n) is 7.06. The van der Waals surface area contributed by atoms with Gasteiger partial charge in [-0.3, -0.25) is 4.90 Å². The molecule has 0 fully saturated rings. The maximum atomic E-state index is 12.4. The molecular weight excluding hydrogens is 258 g/mol. The average Bonchev–Trinajstić information content (AvgIpc) is 2.28. The Morgan fingerprint density at radius 3 is 2.30 bits per heavy atom. The van der Waals surface area contributed by atoms with Gasteiger partial charge >= 0.3 is 0 Å². The second kappa shape index (κ2) is 7.70. The molecule has 1 aromatic rings. The summed E-state index contributed by atoms with van der Waals surface area (Å²) in [6.07, 6.45) is -1.37. The van der Waals surface area contributed by atoms with Gasteiger partial charge in [-0.15, -0.1) is 0 Å². The van der Waals surface area contributed by atoms with Gasteiger partial charge in [0.2, 0.25) is 0 Å². The summed E-state index contributed by atoms with van der Waals surface area (Å²) in [5.74, 6) is 0. The van der Waals surface area contributed by atoms with Gasteiger partial charge in [-0.1, -0.05) is 24.3 Å². The van der Waals surface area contributed by atoms with Crippen LogP contribution >= 0.6 is 0 Å². The van der Waals surface area contributed by atoms with Crippen molar-refractivity contribution >= 4 is 0 Å². The van der Waals surface area contributed by atoms with Crippen LogP contribution in [0.5, 0.6) is 0 Å². The van der Waals surface area contributed by atoms with Crippen LogP contribution in [0.4, 0.5) is 8.78 Å². The third-order valence-corrected chi connectivity index (χ3v) is 3.06. The van der Waals surface area contributed by atoms with Crippen LogP contribution in [0.15, 0.2) is 24.3 Å². The lowest BCUT2D eigenvalue weighted by atomic mass is 10.0. The van der Waals surface area contributed by atoms with Gasteiger partial charge in [0.15, 0.2) is 0 Å². The van der Waals surface area contributed by atoms with Crippen LogP contribution in [0, 0.1) is 0 Å². The zero-order chi connectivity index (χ0) is 15.2. The largest absolute Gasteiger partial charge is 0.312 e. The van der Waals surface area contributed by atoms with Gasteiger partial charge in [-0.25, -0.2) is 8.78 Å². The fourth-order valence-corrected chi connectivity index (χ4v) is 2.12. The van der Waals surface area contributed by atoms with Gasteiger partial charge < -0.3 is 5.32 Å². The van der Waals surface area contributed by atoms with Crippen molar-refractivity contribution in [3.8, 4) is 0 Å². The quantitative estimate of drug-likeness (QED) is 0.826. The number of benzene rings is 1. The molecule has 1 N–H and O–H groups in total. The monoisotopic (exact) mass is 284 g/mol. The first kappa shape index (κ1) is 17.1. The first-order chi connectivity index (χ1) is 9.28. The van der Waals surface area contributed by atoms with E-state index in [1.165, 1.54) is 5.56 Å². The van der Waals surface area contributed by atoms with E-state index in [1.54, 1.807) is 11.9 Å². The summed E-state index contributed by atoms with van der Waals surface area (Å²) in [4.78, 5) is 1.67. The molecule has 20 heavy (non-hydrogen) atoms. The number of nitrogens with zero attached hydrogens (tertiary/aromatic N) is 1. The van der Waals surface area contributed by atoms with E-state index in [1.807, 2.05) is 18.2 Å². The number of hydrogen-bond acceptors (Lipinski definition) is 2. The van der Waals surface area contributed by atoms with Crippen LogP contribution in [0.3, 0.4) is 0 Å². The van der Waals surface area contributed by atoms with E-state index in [9.17, 15) is 8.78 Å². The average molecular weight is 284 g/mol. The molecule has 0 saturated heterocycles. The Balaban J connectivity index is 2.59. The lowest BCUT2D eigenvalue weighted by Crippen LogP contribution is -2.37. The van der Waals surface area contributed by atoms with E-state index < -0.39 is 6.43 Å². The van der Waals surface area contributed by atoms with E-state index in [0.29, 0.717) is 6.54 Å². The molecule has 1 rings (SSSR count). The molecule has 0 aliphatic heterocycles. The Hall–Kier alpha value is -1.00. The zero-order valence-electron chi connectivity index (χ0n) is 12.9. The molecule has 0 aliphatic carbocycles. The standard InChI is InChI=1S/C16H26F2N2/c1-16(2,3)19-10-9-13-7-5-6-8-14(13)11-20(4)12-15(17)18/h5-8,15,19H,9-12H2,1-4H3. The SMILES string of the molecule is CN(Cc1ccccc1CCNC(C)(C)C)CC(F)F. The Kier molecular flexibility index (Phi) is 6.56. The van der Waals surface area contributed by atoms with Crippen LogP contribution in [0.2, 0.25) is 0 Å². The van der Waals surface area contributed by atoms with Gasteiger partial charge in [0, 0.05) is 12.1 Å². The normalized spacial score (nSPS) is 12.4. The highest BCUT2D eigenvalue weighted by Gasteiger charge is 2.11. The maximum absolute atomic E-state index is 12.4. The van der Waals surface area contributed by atoms with Crippen molar-refractivity contribution in [3.63, 3.8) is 0 Å². The van der Waals surface area contributed by atoms with Gasteiger partial charge in [0.05, 0.1) is 6.54 Å². The number of halogens is 2. The highest BCUT2D eigenvalue weighted by atomic mass is 19.3. The molecule has 0 aromatic heterocycles. The highest BCUT2D eigenvalue weighted by molar-refractivity contribution is 5.27. The lowest BCUT2D eigenvalue weighted by Gasteiger charge is -2.22. The van der Waals surface area contributed by atoms with Crippen LogP contribution < -0.4 is 5.32 Å².